The highest BCUT2D eigenvalue weighted by atomic mass is 32.2. The molecule has 1 amide bonds. The minimum absolute atomic E-state index is 0.0294. The van der Waals surface area contributed by atoms with Gasteiger partial charge in [-0.1, -0.05) is 35.5 Å². The largest absolute Gasteiger partial charge is 0.360 e. The van der Waals surface area contributed by atoms with Crippen molar-refractivity contribution in [3.05, 3.63) is 47.3 Å². The molecule has 0 aliphatic carbocycles. The number of nitrogens with zero attached hydrogens (tertiary/aromatic N) is 1. The van der Waals surface area contributed by atoms with Gasteiger partial charge in [-0.2, -0.15) is 4.72 Å². The number of hydrogen-bond acceptors (Lipinski definition) is 5. The minimum atomic E-state index is -3.89. The van der Waals surface area contributed by atoms with Crippen LogP contribution in [0.15, 0.2) is 39.8 Å². The lowest BCUT2D eigenvalue weighted by atomic mass is 10.1. The summed E-state index contributed by atoms with van der Waals surface area (Å²) < 4.78 is 32.1. The summed E-state index contributed by atoms with van der Waals surface area (Å²) in [6.45, 7) is 6.37. The van der Waals surface area contributed by atoms with Gasteiger partial charge in [0.25, 0.3) is 0 Å². The van der Waals surface area contributed by atoms with E-state index in [2.05, 4.69) is 15.2 Å². The van der Waals surface area contributed by atoms with Gasteiger partial charge < -0.3 is 9.84 Å². The van der Waals surface area contributed by atoms with Crippen molar-refractivity contribution in [2.75, 3.05) is 0 Å². The van der Waals surface area contributed by atoms with E-state index < -0.39 is 22.0 Å². The zero-order valence-electron chi connectivity index (χ0n) is 14.0. The third kappa shape index (κ3) is 4.01. The smallest absolute Gasteiger partial charge is 0.246 e. The van der Waals surface area contributed by atoms with Gasteiger partial charge in [0, 0.05) is 0 Å². The van der Waals surface area contributed by atoms with Gasteiger partial charge in [-0.25, -0.2) is 8.42 Å². The quantitative estimate of drug-likeness (QED) is 0.827. The van der Waals surface area contributed by atoms with Crippen LogP contribution in [-0.4, -0.2) is 25.5 Å². The molecule has 0 saturated heterocycles. The lowest BCUT2D eigenvalue weighted by molar-refractivity contribution is -0.123. The van der Waals surface area contributed by atoms with Gasteiger partial charge in [0.2, 0.25) is 15.9 Å². The fraction of sp³-hybridized carbons (Fsp3) is 0.375. The van der Waals surface area contributed by atoms with E-state index in [9.17, 15) is 13.2 Å². The number of sulfonamides is 1. The molecule has 2 aromatic rings. The van der Waals surface area contributed by atoms with Crippen LogP contribution in [0.1, 0.15) is 36.9 Å². The standard InChI is InChI=1S/C16H21N3O4S/c1-10(14-8-6-5-7-9-14)17-16(20)12(3)19-24(21,22)15-11(2)18-23-13(15)4/h5-10,12,19H,1-4H3,(H,17,20)/t10-,12-/m0/s1. The van der Waals surface area contributed by atoms with E-state index in [1.54, 1.807) is 0 Å². The summed E-state index contributed by atoms with van der Waals surface area (Å²) in [5, 5.41) is 6.42. The fourth-order valence-corrected chi connectivity index (χ4v) is 3.90. The van der Waals surface area contributed by atoms with Gasteiger partial charge >= 0.3 is 0 Å². The third-order valence-electron chi connectivity index (χ3n) is 3.62. The summed E-state index contributed by atoms with van der Waals surface area (Å²) >= 11 is 0. The molecule has 2 atom stereocenters. The number of amides is 1. The molecular formula is C16H21N3O4S. The second kappa shape index (κ2) is 7.14. The highest BCUT2D eigenvalue weighted by molar-refractivity contribution is 7.89. The Kier molecular flexibility index (Phi) is 5.40. The zero-order valence-corrected chi connectivity index (χ0v) is 14.8. The Morgan fingerprint density at radius 2 is 1.79 bits per heavy atom. The molecule has 1 aromatic carbocycles. The molecule has 2 rings (SSSR count). The van der Waals surface area contributed by atoms with Crippen LogP contribution in [0.3, 0.4) is 0 Å². The Labute approximate surface area is 141 Å². The molecule has 0 spiro atoms. The molecular weight excluding hydrogens is 330 g/mol. The summed E-state index contributed by atoms with van der Waals surface area (Å²) in [4.78, 5) is 12.2. The Bertz CT molecular complexity index is 796. The third-order valence-corrected chi connectivity index (χ3v) is 5.40. The highest BCUT2D eigenvalue weighted by Gasteiger charge is 2.28. The van der Waals surface area contributed by atoms with Crippen LogP contribution in [0.2, 0.25) is 0 Å². The van der Waals surface area contributed by atoms with Gasteiger partial charge in [0.15, 0.2) is 5.76 Å². The monoisotopic (exact) mass is 351 g/mol. The molecule has 0 fully saturated rings. The number of aromatic nitrogens is 1. The predicted molar refractivity (Wildman–Crippen MR) is 88.8 cm³/mol. The molecule has 0 bridgehead atoms. The number of nitrogens with one attached hydrogen (secondary N) is 2. The highest BCUT2D eigenvalue weighted by Crippen LogP contribution is 2.19. The number of benzene rings is 1. The van der Waals surface area contributed by atoms with Crippen molar-refractivity contribution < 1.29 is 17.7 Å². The molecule has 0 aliphatic rings. The summed E-state index contributed by atoms with van der Waals surface area (Å²) in [5.41, 5.74) is 1.19. The summed E-state index contributed by atoms with van der Waals surface area (Å²) in [6.07, 6.45) is 0. The van der Waals surface area contributed by atoms with Crippen molar-refractivity contribution in [2.24, 2.45) is 0 Å². The van der Waals surface area contributed by atoms with Crippen LogP contribution in [-0.2, 0) is 14.8 Å². The lowest BCUT2D eigenvalue weighted by Crippen LogP contribution is -2.45. The molecule has 130 valence electrons. The van der Waals surface area contributed by atoms with E-state index in [4.69, 9.17) is 4.52 Å². The summed E-state index contributed by atoms with van der Waals surface area (Å²) in [5.74, 6) is -0.230. The van der Waals surface area contributed by atoms with Gasteiger partial charge in [0.1, 0.15) is 10.6 Å². The van der Waals surface area contributed by atoms with E-state index in [0.29, 0.717) is 0 Å². The molecule has 0 unspecified atom stereocenters. The number of carbonyl (C=O) groups excluding carboxylic acids is 1. The first-order chi connectivity index (χ1) is 11.2. The van der Waals surface area contributed by atoms with E-state index in [0.717, 1.165) is 5.56 Å². The topological polar surface area (TPSA) is 101 Å². The number of carbonyl (C=O) groups is 1. The normalized spacial score (nSPS) is 14.2. The van der Waals surface area contributed by atoms with Crippen LogP contribution in [0.5, 0.6) is 0 Å². The number of rotatable bonds is 6. The van der Waals surface area contributed by atoms with Gasteiger partial charge in [-0.3, -0.25) is 4.79 Å². The van der Waals surface area contributed by atoms with Gasteiger partial charge in [-0.05, 0) is 33.3 Å². The molecule has 0 radical (unpaired) electrons. The maximum atomic E-state index is 12.4. The number of aryl methyl sites for hydroxylation is 2. The second-order valence-electron chi connectivity index (χ2n) is 5.64. The molecule has 0 aliphatic heterocycles. The maximum Gasteiger partial charge on any atom is 0.246 e. The Morgan fingerprint density at radius 1 is 1.17 bits per heavy atom. The van der Waals surface area contributed by atoms with Crippen LogP contribution >= 0.6 is 0 Å². The molecule has 7 nitrogen and oxygen atoms in total. The maximum absolute atomic E-state index is 12.4. The molecule has 1 heterocycles. The van der Waals surface area contributed by atoms with E-state index in [-0.39, 0.29) is 22.4 Å². The molecule has 1 aromatic heterocycles. The van der Waals surface area contributed by atoms with E-state index in [1.807, 2.05) is 37.3 Å². The van der Waals surface area contributed by atoms with Gasteiger partial charge in [0.05, 0.1) is 12.1 Å². The second-order valence-corrected chi connectivity index (χ2v) is 7.29. The number of hydrogen-bond donors (Lipinski definition) is 2. The summed E-state index contributed by atoms with van der Waals surface area (Å²) in [7, 11) is -3.89. The van der Waals surface area contributed by atoms with Crippen molar-refractivity contribution in [2.45, 2.75) is 44.7 Å². The Balaban J connectivity index is 2.06. The Morgan fingerprint density at radius 3 is 2.33 bits per heavy atom. The van der Waals surface area contributed by atoms with Gasteiger partial charge in [-0.15, -0.1) is 0 Å². The van der Waals surface area contributed by atoms with Crippen molar-refractivity contribution in [3.8, 4) is 0 Å². The van der Waals surface area contributed by atoms with Crippen molar-refractivity contribution in [1.29, 1.82) is 0 Å². The molecule has 2 N–H and O–H groups in total. The lowest BCUT2D eigenvalue weighted by Gasteiger charge is -2.18. The average molecular weight is 351 g/mol. The van der Waals surface area contributed by atoms with Crippen LogP contribution in [0.4, 0.5) is 0 Å². The average Bonchev–Trinajstić information content (AvgIpc) is 2.87. The molecule has 8 heteroatoms. The molecule has 0 saturated carbocycles. The van der Waals surface area contributed by atoms with Crippen molar-refractivity contribution in [3.63, 3.8) is 0 Å². The minimum Gasteiger partial charge on any atom is -0.360 e. The van der Waals surface area contributed by atoms with Crippen LogP contribution in [0.25, 0.3) is 0 Å². The van der Waals surface area contributed by atoms with E-state index in [1.165, 1.54) is 20.8 Å². The zero-order chi connectivity index (χ0) is 17.9. The van der Waals surface area contributed by atoms with E-state index >= 15 is 0 Å². The van der Waals surface area contributed by atoms with Crippen molar-refractivity contribution in [1.82, 2.24) is 15.2 Å². The predicted octanol–water partition coefficient (Wildman–Crippen LogP) is 1.84. The SMILES string of the molecule is Cc1noc(C)c1S(=O)(=O)N[C@@H](C)C(=O)N[C@@H](C)c1ccccc1. The molecule has 24 heavy (non-hydrogen) atoms. The van der Waals surface area contributed by atoms with Crippen LogP contribution in [0, 0.1) is 13.8 Å². The summed E-state index contributed by atoms with van der Waals surface area (Å²) in [6, 6.07) is 8.26. The van der Waals surface area contributed by atoms with Crippen LogP contribution < -0.4 is 10.0 Å². The first-order valence-electron chi connectivity index (χ1n) is 7.53. The first kappa shape index (κ1) is 18.2. The fourth-order valence-electron chi connectivity index (χ4n) is 2.37. The van der Waals surface area contributed by atoms with Crippen molar-refractivity contribution >= 4 is 15.9 Å². The first-order valence-corrected chi connectivity index (χ1v) is 9.01. The Hall–Kier alpha value is -2.19.